The van der Waals surface area contributed by atoms with Gasteiger partial charge in [0.1, 0.15) is 10.0 Å². The summed E-state index contributed by atoms with van der Waals surface area (Å²) in [5, 5.41) is 10.5. The summed E-state index contributed by atoms with van der Waals surface area (Å²) >= 11 is 1.65. The Morgan fingerprint density at radius 2 is 2.17 bits per heavy atom. The maximum atomic E-state index is 5.11. The first-order valence-electron chi connectivity index (χ1n) is 6.16. The minimum atomic E-state index is 0.607. The van der Waals surface area contributed by atoms with E-state index in [9.17, 15) is 0 Å². The third-order valence-electron chi connectivity index (χ3n) is 2.65. The lowest BCUT2D eigenvalue weighted by molar-refractivity contribution is 0.398. The first kappa shape index (κ1) is 13.0. The maximum Gasteiger partial charge on any atom is 0.213 e. The zero-order chi connectivity index (χ0) is 12.8. The van der Waals surface area contributed by atoms with Crippen molar-refractivity contribution in [3.63, 3.8) is 0 Å². The van der Waals surface area contributed by atoms with Gasteiger partial charge in [-0.1, -0.05) is 31.1 Å². The second-order valence-electron chi connectivity index (χ2n) is 4.04. The molecule has 2 aromatic heterocycles. The largest absolute Gasteiger partial charge is 0.481 e. The molecule has 0 amide bonds. The molecule has 0 atom stereocenters. The summed E-state index contributed by atoms with van der Waals surface area (Å²) in [7, 11) is 1.61. The molecule has 2 heterocycles. The van der Waals surface area contributed by atoms with Crippen molar-refractivity contribution in [2.24, 2.45) is 0 Å². The molecule has 2 rings (SSSR count). The van der Waals surface area contributed by atoms with Crippen molar-refractivity contribution in [2.75, 3.05) is 7.11 Å². The number of rotatable bonds is 6. The van der Waals surface area contributed by atoms with Crippen molar-refractivity contribution in [1.82, 2.24) is 15.2 Å². The van der Waals surface area contributed by atoms with Gasteiger partial charge in [0.05, 0.1) is 7.11 Å². The summed E-state index contributed by atoms with van der Waals surface area (Å²) < 4.78 is 5.11. The van der Waals surface area contributed by atoms with E-state index in [1.807, 2.05) is 12.1 Å². The lowest BCUT2D eigenvalue weighted by Crippen LogP contribution is -1.87. The number of pyridine rings is 1. The second-order valence-corrected chi connectivity index (χ2v) is 5.11. The number of unbranched alkanes of at least 4 members (excludes halogenated alkanes) is 2. The molecule has 0 saturated heterocycles. The smallest absolute Gasteiger partial charge is 0.213 e. The predicted molar refractivity (Wildman–Crippen MR) is 72.9 cm³/mol. The van der Waals surface area contributed by atoms with E-state index in [-0.39, 0.29) is 0 Å². The van der Waals surface area contributed by atoms with Crippen molar-refractivity contribution in [1.29, 1.82) is 0 Å². The Morgan fingerprint density at radius 3 is 2.94 bits per heavy atom. The predicted octanol–water partition coefficient (Wildman–Crippen LogP) is 3.34. The van der Waals surface area contributed by atoms with Gasteiger partial charge >= 0.3 is 0 Å². The highest BCUT2D eigenvalue weighted by atomic mass is 32.1. The summed E-state index contributed by atoms with van der Waals surface area (Å²) in [6.45, 7) is 2.20. The Hall–Kier alpha value is -1.49. The minimum Gasteiger partial charge on any atom is -0.481 e. The van der Waals surface area contributed by atoms with Gasteiger partial charge in [-0.15, -0.1) is 10.2 Å². The van der Waals surface area contributed by atoms with Crippen LogP contribution in [0.1, 0.15) is 31.2 Å². The molecule has 0 bridgehead atoms. The highest BCUT2D eigenvalue weighted by Gasteiger charge is 2.07. The number of nitrogens with zero attached hydrogens (tertiary/aromatic N) is 3. The summed E-state index contributed by atoms with van der Waals surface area (Å²) in [4.78, 5) is 4.09. The highest BCUT2D eigenvalue weighted by Crippen LogP contribution is 2.26. The van der Waals surface area contributed by atoms with Crippen LogP contribution in [0.2, 0.25) is 0 Å². The van der Waals surface area contributed by atoms with Gasteiger partial charge in [-0.25, -0.2) is 4.98 Å². The van der Waals surface area contributed by atoms with Crippen molar-refractivity contribution < 1.29 is 4.74 Å². The van der Waals surface area contributed by atoms with Crippen LogP contribution in [0.3, 0.4) is 0 Å². The Kier molecular flexibility index (Phi) is 4.64. The van der Waals surface area contributed by atoms with Crippen LogP contribution in [0.15, 0.2) is 18.3 Å². The molecule has 0 fully saturated rings. The van der Waals surface area contributed by atoms with Crippen LogP contribution in [0.5, 0.6) is 5.88 Å². The standard InChI is InChI=1S/C13H17N3OS/c1-3-4-5-6-12-15-16-13(18-12)10-7-8-14-11(9-10)17-2/h7-9H,3-6H2,1-2H3. The molecule has 0 aliphatic heterocycles. The van der Waals surface area contributed by atoms with Crippen LogP contribution in [0.4, 0.5) is 0 Å². The molecule has 0 aromatic carbocycles. The van der Waals surface area contributed by atoms with E-state index >= 15 is 0 Å². The fraction of sp³-hybridized carbons (Fsp3) is 0.462. The molecule has 4 nitrogen and oxygen atoms in total. The fourth-order valence-electron chi connectivity index (χ4n) is 1.65. The van der Waals surface area contributed by atoms with Gasteiger partial charge in [0.25, 0.3) is 0 Å². The zero-order valence-electron chi connectivity index (χ0n) is 10.7. The molecule has 0 saturated carbocycles. The Morgan fingerprint density at radius 1 is 1.28 bits per heavy atom. The third kappa shape index (κ3) is 3.26. The van der Waals surface area contributed by atoms with Gasteiger partial charge in [-0.3, -0.25) is 0 Å². The molecule has 0 spiro atoms. The van der Waals surface area contributed by atoms with Gasteiger partial charge in [0, 0.05) is 24.2 Å². The number of hydrogen-bond donors (Lipinski definition) is 0. The number of aryl methyl sites for hydroxylation is 1. The van der Waals surface area contributed by atoms with Crippen molar-refractivity contribution in [3.8, 4) is 16.5 Å². The second kappa shape index (κ2) is 6.44. The molecule has 0 radical (unpaired) electrons. The van der Waals surface area contributed by atoms with Gasteiger partial charge < -0.3 is 4.74 Å². The molecule has 5 heteroatoms. The van der Waals surface area contributed by atoms with Crippen molar-refractivity contribution in [3.05, 3.63) is 23.3 Å². The van der Waals surface area contributed by atoms with Crippen LogP contribution < -0.4 is 4.74 Å². The third-order valence-corrected chi connectivity index (χ3v) is 3.68. The quantitative estimate of drug-likeness (QED) is 0.750. The SMILES string of the molecule is CCCCCc1nnc(-c2ccnc(OC)c2)s1. The van der Waals surface area contributed by atoms with E-state index in [1.54, 1.807) is 24.6 Å². The number of methoxy groups -OCH3 is 1. The molecular weight excluding hydrogens is 246 g/mol. The number of hydrogen-bond acceptors (Lipinski definition) is 5. The Labute approximate surface area is 111 Å². The number of aromatic nitrogens is 3. The van der Waals surface area contributed by atoms with E-state index in [4.69, 9.17) is 4.74 Å². The molecule has 18 heavy (non-hydrogen) atoms. The van der Waals surface area contributed by atoms with E-state index < -0.39 is 0 Å². The maximum absolute atomic E-state index is 5.11. The van der Waals surface area contributed by atoms with Crippen LogP contribution in [-0.4, -0.2) is 22.3 Å². The minimum absolute atomic E-state index is 0.607. The van der Waals surface area contributed by atoms with Crippen LogP contribution in [0, 0.1) is 0 Å². The highest BCUT2D eigenvalue weighted by molar-refractivity contribution is 7.14. The molecule has 0 aliphatic rings. The van der Waals surface area contributed by atoms with Crippen LogP contribution >= 0.6 is 11.3 Å². The van der Waals surface area contributed by atoms with E-state index in [0.29, 0.717) is 5.88 Å². The van der Waals surface area contributed by atoms with Gasteiger partial charge in [-0.05, 0) is 12.5 Å². The zero-order valence-corrected chi connectivity index (χ0v) is 11.5. The van der Waals surface area contributed by atoms with Gasteiger partial charge in [-0.2, -0.15) is 0 Å². The average molecular weight is 263 g/mol. The molecule has 96 valence electrons. The monoisotopic (exact) mass is 263 g/mol. The first-order chi connectivity index (χ1) is 8.83. The lowest BCUT2D eigenvalue weighted by atomic mass is 10.2. The number of ether oxygens (including phenoxy) is 1. The van der Waals surface area contributed by atoms with Crippen molar-refractivity contribution >= 4 is 11.3 Å². The Balaban J connectivity index is 2.08. The first-order valence-corrected chi connectivity index (χ1v) is 6.98. The molecule has 0 aliphatic carbocycles. The van der Waals surface area contributed by atoms with E-state index in [1.165, 1.54) is 19.3 Å². The van der Waals surface area contributed by atoms with Crippen LogP contribution in [-0.2, 0) is 6.42 Å². The molecule has 2 aromatic rings. The summed E-state index contributed by atoms with van der Waals surface area (Å²) in [5.74, 6) is 0.607. The van der Waals surface area contributed by atoms with Gasteiger partial charge in [0.2, 0.25) is 5.88 Å². The molecule has 0 unspecified atom stereocenters. The van der Waals surface area contributed by atoms with E-state index in [0.717, 1.165) is 22.0 Å². The average Bonchev–Trinajstić information content (AvgIpc) is 2.88. The molecule has 0 N–H and O–H groups in total. The topological polar surface area (TPSA) is 47.9 Å². The summed E-state index contributed by atoms with van der Waals surface area (Å²) in [6.07, 6.45) is 6.41. The lowest BCUT2D eigenvalue weighted by Gasteiger charge is -1.99. The fourth-order valence-corrected chi connectivity index (χ4v) is 2.53. The van der Waals surface area contributed by atoms with Crippen LogP contribution in [0.25, 0.3) is 10.6 Å². The summed E-state index contributed by atoms with van der Waals surface area (Å²) in [6, 6.07) is 3.81. The van der Waals surface area contributed by atoms with Crippen molar-refractivity contribution in [2.45, 2.75) is 32.6 Å². The van der Waals surface area contributed by atoms with Gasteiger partial charge in [0.15, 0.2) is 0 Å². The van der Waals surface area contributed by atoms with E-state index in [2.05, 4.69) is 22.1 Å². The molecular formula is C13H17N3OS. The normalized spacial score (nSPS) is 10.6. The summed E-state index contributed by atoms with van der Waals surface area (Å²) in [5.41, 5.74) is 1.01. The Bertz CT molecular complexity index is 498.